The summed E-state index contributed by atoms with van der Waals surface area (Å²) in [6.07, 6.45) is 0. The van der Waals surface area contributed by atoms with E-state index in [2.05, 4.69) is 8.92 Å². The zero-order chi connectivity index (χ0) is 14.8. The van der Waals surface area contributed by atoms with Crippen molar-refractivity contribution in [2.75, 3.05) is 7.11 Å². The first-order chi connectivity index (χ1) is 8.58. The quantitative estimate of drug-likeness (QED) is 0.364. The average Bonchev–Trinajstić information content (AvgIpc) is 2.26. The lowest BCUT2D eigenvalue weighted by molar-refractivity contribution is -0.384. The summed E-state index contributed by atoms with van der Waals surface area (Å²) < 4.78 is 66.3. The van der Waals surface area contributed by atoms with E-state index in [0.717, 1.165) is 19.2 Å². The summed E-state index contributed by atoms with van der Waals surface area (Å²) in [5, 5.41) is 10.5. The van der Waals surface area contributed by atoms with Gasteiger partial charge in [-0.25, -0.2) is 0 Å². The molecule has 0 fully saturated rings. The second-order valence-electron chi connectivity index (χ2n) is 3.08. The topological polar surface area (TPSA) is 95.7 Å². The van der Waals surface area contributed by atoms with Crippen LogP contribution in [0.15, 0.2) is 18.2 Å². The van der Waals surface area contributed by atoms with Crippen molar-refractivity contribution in [1.82, 2.24) is 0 Å². The fourth-order valence-electron chi connectivity index (χ4n) is 1.01. The number of methoxy groups -OCH3 is 1. The van der Waals surface area contributed by atoms with Gasteiger partial charge in [-0.3, -0.25) is 10.1 Å². The smallest absolute Gasteiger partial charge is 0.493 e. The van der Waals surface area contributed by atoms with Gasteiger partial charge in [-0.2, -0.15) is 21.6 Å². The van der Waals surface area contributed by atoms with E-state index >= 15 is 0 Å². The van der Waals surface area contributed by atoms with Crippen LogP contribution in [0.1, 0.15) is 0 Å². The van der Waals surface area contributed by atoms with Gasteiger partial charge in [0.25, 0.3) is 5.69 Å². The normalized spacial score (nSPS) is 12.0. The largest absolute Gasteiger partial charge is 0.534 e. The number of nitrogens with zero attached hydrogens (tertiary/aromatic N) is 1. The van der Waals surface area contributed by atoms with Crippen molar-refractivity contribution in [2.24, 2.45) is 0 Å². The van der Waals surface area contributed by atoms with E-state index in [1.807, 2.05) is 0 Å². The number of non-ortho nitro benzene ring substituents is 1. The Balaban J connectivity index is 3.26. The molecule has 1 aromatic carbocycles. The molecule has 7 nitrogen and oxygen atoms in total. The molecule has 0 saturated carbocycles. The van der Waals surface area contributed by atoms with Crippen LogP contribution >= 0.6 is 0 Å². The van der Waals surface area contributed by atoms with E-state index in [9.17, 15) is 31.7 Å². The SMILES string of the molecule is COc1ccc([N+](=O)[O-])cc1OS(=O)(=O)C(F)(F)F. The molecule has 0 unspecified atom stereocenters. The van der Waals surface area contributed by atoms with Crippen LogP contribution in [0, 0.1) is 10.1 Å². The molecule has 0 atom stereocenters. The summed E-state index contributed by atoms with van der Waals surface area (Å²) in [6.45, 7) is 0. The Morgan fingerprint density at radius 3 is 2.26 bits per heavy atom. The molecule has 0 bridgehead atoms. The van der Waals surface area contributed by atoms with E-state index in [-0.39, 0.29) is 0 Å². The van der Waals surface area contributed by atoms with Gasteiger partial charge >= 0.3 is 15.6 Å². The van der Waals surface area contributed by atoms with Gasteiger partial charge in [-0.15, -0.1) is 0 Å². The summed E-state index contributed by atoms with van der Waals surface area (Å²) in [5.74, 6) is -1.31. The highest BCUT2D eigenvalue weighted by Gasteiger charge is 2.49. The number of rotatable bonds is 4. The first kappa shape index (κ1) is 15.0. The van der Waals surface area contributed by atoms with Gasteiger partial charge in [-0.05, 0) is 6.07 Å². The van der Waals surface area contributed by atoms with E-state index in [1.165, 1.54) is 0 Å². The summed E-state index contributed by atoms with van der Waals surface area (Å²) in [5.41, 5.74) is -6.30. The molecule has 0 radical (unpaired) electrons. The molecule has 0 N–H and O–H groups in total. The molecule has 0 aliphatic rings. The number of hydrogen-bond donors (Lipinski definition) is 0. The maximum Gasteiger partial charge on any atom is 0.534 e. The van der Waals surface area contributed by atoms with E-state index in [4.69, 9.17) is 0 Å². The third kappa shape index (κ3) is 3.24. The van der Waals surface area contributed by atoms with Gasteiger partial charge in [0.05, 0.1) is 18.1 Å². The summed E-state index contributed by atoms with van der Waals surface area (Å²) in [4.78, 5) is 9.53. The molecule has 0 aromatic heterocycles. The Bertz CT molecular complexity index is 597. The van der Waals surface area contributed by atoms with E-state index < -0.39 is 37.7 Å². The summed E-state index contributed by atoms with van der Waals surface area (Å²) >= 11 is 0. The zero-order valence-corrected chi connectivity index (χ0v) is 9.99. The first-order valence-electron chi connectivity index (χ1n) is 4.41. The molecule has 1 rings (SSSR count). The van der Waals surface area contributed by atoms with Gasteiger partial charge in [0.2, 0.25) is 0 Å². The molecule has 106 valence electrons. The van der Waals surface area contributed by atoms with Gasteiger partial charge in [0, 0.05) is 6.07 Å². The fourth-order valence-corrected chi connectivity index (χ4v) is 1.47. The van der Waals surface area contributed by atoms with E-state index in [1.54, 1.807) is 0 Å². The van der Waals surface area contributed by atoms with Crippen LogP contribution in [-0.2, 0) is 10.1 Å². The third-order valence-electron chi connectivity index (χ3n) is 1.84. The average molecular weight is 301 g/mol. The maximum atomic E-state index is 12.1. The number of ether oxygens (including phenoxy) is 1. The van der Waals surface area contributed by atoms with Crippen LogP contribution in [0.5, 0.6) is 11.5 Å². The van der Waals surface area contributed by atoms with E-state index in [0.29, 0.717) is 6.07 Å². The lowest BCUT2D eigenvalue weighted by Gasteiger charge is -2.11. The van der Waals surface area contributed by atoms with Crippen molar-refractivity contribution in [2.45, 2.75) is 5.51 Å². The Morgan fingerprint density at radius 1 is 1.26 bits per heavy atom. The molecular weight excluding hydrogens is 295 g/mol. The van der Waals surface area contributed by atoms with Gasteiger partial charge in [-0.1, -0.05) is 0 Å². The second-order valence-corrected chi connectivity index (χ2v) is 4.61. The highest BCUT2D eigenvalue weighted by atomic mass is 32.2. The van der Waals surface area contributed by atoms with Crippen LogP contribution in [0.4, 0.5) is 18.9 Å². The maximum absolute atomic E-state index is 12.1. The van der Waals surface area contributed by atoms with Gasteiger partial charge in [0.15, 0.2) is 11.5 Å². The van der Waals surface area contributed by atoms with Crippen LogP contribution in [0.25, 0.3) is 0 Å². The van der Waals surface area contributed by atoms with Crippen molar-refractivity contribution < 1.29 is 35.4 Å². The number of halogens is 3. The highest BCUT2D eigenvalue weighted by Crippen LogP contribution is 2.35. The molecule has 1 aromatic rings. The minimum atomic E-state index is -5.93. The molecule has 0 saturated heterocycles. The van der Waals surface area contributed by atoms with Gasteiger partial charge in [0.1, 0.15) is 0 Å². The lowest BCUT2D eigenvalue weighted by Crippen LogP contribution is -2.28. The summed E-state index contributed by atoms with van der Waals surface area (Å²) in [7, 11) is -4.89. The molecular formula is C8H6F3NO6S. The number of nitro benzene ring substituents is 1. The van der Waals surface area contributed by atoms with Crippen molar-refractivity contribution in [1.29, 1.82) is 0 Å². The zero-order valence-electron chi connectivity index (χ0n) is 9.17. The number of benzene rings is 1. The monoisotopic (exact) mass is 301 g/mol. The molecule has 19 heavy (non-hydrogen) atoms. The molecule has 11 heteroatoms. The molecule has 0 aliphatic carbocycles. The molecule has 0 spiro atoms. The first-order valence-corrected chi connectivity index (χ1v) is 5.82. The second kappa shape index (κ2) is 4.91. The van der Waals surface area contributed by atoms with Crippen LogP contribution in [-0.4, -0.2) is 26.0 Å². The number of alkyl halides is 3. The van der Waals surface area contributed by atoms with Crippen molar-refractivity contribution in [3.63, 3.8) is 0 Å². The minimum Gasteiger partial charge on any atom is -0.493 e. The fraction of sp³-hybridized carbons (Fsp3) is 0.250. The van der Waals surface area contributed by atoms with Crippen molar-refractivity contribution in [3.05, 3.63) is 28.3 Å². The Morgan fingerprint density at radius 2 is 1.84 bits per heavy atom. The predicted octanol–water partition coefficient (Wildman–Crippen LogP) is 1.83. The Hall–Kier alpha value is -2.04. The molecule has 0 aliphatic heterocycles. The standard InChI is InChI=1S/C8H6F3NO6S/c1-17-6-3-2-5(12(13)14)4-7(6)18-19(15,16)8(9,10)11/h2-4H,1H3. The molecule has 0 heterocycles. The van der Waals surface area contributed by atoms with Crippen LogP contribution in [0.3, 0.4) is 0 Å². The van der Waals surface area contributed by atoms with Crippen molar-refractivity contribution in [3.8, 4) is 11.5 Å². The Kier molecular flexibility index (Phi) is 3.88. The number of nitro groups is 1. The summed E-state index contributed by atoms with van der Waals surface area (Å²) in [6, 6.07) is 2.35. The van der Waals surface area contributed by atoms with Gasteiger partial charge < -0.3 is 8.92 Å². The highest BCUT2D eigenvalue weighted by molar-refractivity contribution is 7.88. The predicted molar refractivity (Wildman–Crippen MR) is 55.3 cm³/mol. The lowest BCUT2D eigenvalue weighted by atomic mass is 10.3. The number of hydrogen-bond acceptors (Lipinski definition) is 6. The van der Waals surface area contributed by atoms with Crippen LogP contribution in [0.2, 0.25) is 0 Å². The minimum absolute atomic E-state index is 0.390. The van der Waals surface area contributed by atoms with Crippen molar-refractivity contribution >= 4 is 15.8 Å². The third-order valence-corrected chi connectivity index (χ3v) is 2.81. The Labute approximate surface area is 104 Å². The molecule has 0 amide bonds. The van der Waals surface area contributed by atoms with Crippen LogP contribution < -0.4 is 8.92 Å².